The first-order valence-electron chi connectivity index (χ1n) is 6.50. The zero-order valence-corrected chi connectivity index (χ0v) is 12.9. The highest BCUT2D eigenvalue weighted by atomic mass is 32.2. The second-order valence-electron chi connectivity index (χ2n) is 4.31. The van der Waals surface area contributed by atoms with E-state index in [4.69, 9.17) is 10.8 Å². The summed E-state index contributed by atoms with van der Waals surface area (Å²) in [7, 11) is -4.09. The number of aromatic hydroxyl groups is 1. The third kappa shape index (κ3) is 5.82. The number of aliphatic hydroxyl groups is 1. The molecule has 0 aromatic heterocycles. The Labute approximate surface area is 129 Å². The molecule has 6 nitrogen and oxygen atoms in total. The monoisotopic (exact) mass is 325 g/mol. The van der Waals surface area contributed by atoms with Gasteiger partial charge in [0, 0.05) is 6.54 Å². The van der Waals surface area contributed by atoms with Crippen molar-refractivity contribution in [2.24, 2.45) is 5.73 Å². The van der Waals surface area contributed by atoms with Gasteiger partial charge in [0.05, 0.1) is 0 Å². The second kappa shape index (κ2) is 8.50. The van der Waals surface area contributed by atoms with Crippen LogP contribution in [0, 0.1) is 0 Å². The number of phenols is 1. The van der Waals surface area contributed by atoms with Crippen LogP contribution in [0.3, 0.4) is 0 Å². The molecule has 7 heteroatoms. The smallest absolute Gasteiger partial charge is 0.303 e. The Morgan fingerprint density at radius 3 is 2.09 bits per heavy atom. The molecule has 1 atom stereocenters. The highest BCUT2D eigenvalue weighted by Gasteiger charge is 2.20. The van der Waals surface area contributed by atoms with Gasteiger partial charge in [0.25, 0.3) is 0 Å². The Kier molecular flexibility index (Phi) is 7.00. The number of phenolic OH excluding ortho intramolecular Hbond substituents is 1. The van der Waals surface area contributed by atoms with Crippen LogP contribution >= 0.6 is 0 Å². The van der Waals surface area contributed by atoms with Crippen LogP contribution in [0.1, 0.15) is 12.5 Å². The maximum absolute atomic E-state index is 11.3. The third-order valence-electron chi connectivity index (χ3n) is 2.48. The Bertz CT molecular complexity index is 671. The number of nitrogens with two attached hydrogens (primary N) is 1. The van der Waals surface area contributed by atoms with Crippen LogP contribution < -0.4 is 5.73 Å². The van der Waals surface area contributed by atoms with Crippen LogP contribution in [-0.4, -0.2) is 24.9 Å². The summed E-state index contributed by atoms with van der Waals surface area (Å²) >= 11 is 0. The SMILES string of the molecule is CC(O)OS(=O)(=O)c1ccccc1O.NCc1ccccc1. The van der Waals surface area contributed by atoms with Gasteiger partial charge in [0.1, 0.15) is 10.6 Å². The fourth-order valence-electron chi connectivity index (χ4n) is 1.52. The first-order valence-corrected chi connectivity index (χ1v) is 7.91. The van der Waals surface area contributed by atoms with Crippen molar-refractivity contribution in [3.05, 3.63) is 60.2 Å². The molecule has 22 heavy (non-hydrogen) atoms. The van der Waals surface area contributed by atoms with Gasteiger partial charge in [0.2, 0.25) is 0 Å². The minimum absolute atomic E-state index is 0.360. The number of hydrogen-bond donors (Lipinski definition) is 3. The standard InChI is InChI=1S/C8H10O5S.C7H9N/c1-6(9)13-14(11,12)8-5-3-2-4-7(8)10;8-6-7-4-2-1-3-5-7/h2-6,9-10H,1H3;1-5H,6,8H2. The van der Waals surface area contributed by atoms with Crippen molar-refractivity contribution in [2.45, 2.75) is 24.7 Å². The van der Waals surface area contributed by atoms with Crippen LogP contribution in [0.25, 0.3) is 0 Å². The number of aliphatic hydroxyl groups excluding tert-OH is 1. The summed E-state index contributed by atoms with van der Waals surface area (Å²) < 4.78 is 26.9. The predicted molar refractivity (Wildman–Crippen MR) is 82.4 cm³/mol. The van der Waals surface area contributed by atoms with Gasteiger partial charge in [0.15, 0.2) is 6.29 Å². The molecule has 0 aliphatic rings. The average molecular weight is 325 g/mol. The van der Waals surface area contributed by atoms with Crippen LogP contribution in [0.2, 0.25) is 0 Å². The highest BCUT2D eigenvalue weighted by molar-refractivity contribution is 7.86. The van der Waals surface area contributed by atoms with E-state index in [0.29, 0.717) is 6.54 Å². The average Bonchev–Trinajstić information content (AvgIpc) is 2.47. The Morgan fingerprint density at radius 2 is 1.64 bits per heavy atom. The van der Waals surface area contributed by atoms with Crippen molar-refractivity contribution < 1.29 is 22.8 Å². The quantitative estimate of drug-likeness (QED) is 0.581. The molecule has 0 amide bonds. The van der Waals surface area contributed by atoms with E-state index in [0.717, 1.165) is 6.92 Å². The molecule has 0 spiro atoms. The molecule has 2 aromatic carbocycles. The minimum Gasteiger partial charge on any atom is -0.506 e. The molecule has 0 radical (unpaired) electrons. The van der Waals surface area contributed by atoms with Crippen LogP contribution in [0.15, 0.2) is 59.5 Å². The summed E-state index contributed by atoms with van der Waals surface area (Å²) in [4.78, 5) is -0.360. The van der Waals surface area contributed by atoms with Gasteiger partial charge < -0.3 is 15.9 Å². The fourth-order valence-corrected chi connectivity index (χ4v) is 2.56. The summed E-state index contributed by atoms with van der Waals surface area (Å²) in [6.07, 6.45) is -1.44. The zero-order chi connectivity index (χ0) is 16.6. The molecule has 2 rings (SSSR count). The fraction of sp³-hybridized carbons (Fsp3) is 0.200. The lowest BCUT2D eigenvalue weighted by Gasteiger charge is -2.08. The molecule has 0 fully saturated rings. The van der Waals surface area contributed by atoms with Crippen molar-refractivity contribution in [1.29, 1.82) is 0 Å². The number of para-hydroxylation sites is 1. The van der Waals surface area contributed by atoms with Gasteiger partial charge in [-0.2, -0.15) is 8.42 Å². The molecule has 0 aliphatic heterocycles. The summed E-state index contributed by atoms with van der Waals surface area (Å²) in [5.74, 6) is -0.409. The Hall–Kier alpha value is -1.93. The Morgan fingerprint density at radius 1 is 1.09 bits per heavy atom. The van der Waals surface area contributed by atoms with Gasteiger partial charge in [-0.1, -0.05) is 42.5 Å². The number of benzene rings is 2. The lowest BCUT2D eigenvalue weighted by molar-refractivity contribution is 0.00531. The molecule has 0 saturated carbocycles. The van der Waals surface area contributed by atoms with Crippen LogP contribution in [0.4, 0.5) is 0 Å². The van der Waals surface area contributed by atoms with Gasteiger partial charge in [-0.05, 0) is 24.6 Å². The summed E-state index contributed by atoms with van der Waals surface area (Å²) in [6, 6.07) is 15.3. The number of hydrogen-bond acceptors (Lipinski definition) is 6. The summed E-state index contributed by atoms with van der Waals surface area (Å²) in [6.45, 7) is 1.80. The summed E-state index contributed by atoms with van der Waals surface area (Å²) in [5.41, 5.74) is 6.54. The van der Waals surface area contributed by atoms with Gasteiger partial charge >= 0.3 is 10.1 Å². The summed E-state index contributed by atoms with van der Waals surface area (Å²) in [5, 5.41) is 18.0. The van der Waals surface area contributed by atoms with E-state index in [1.807, 2.05) is 30.3 Å². The van der Waals surface area contributed by atoms with Crippen molar-refractivity contribution in [3.8, 4) is 5.75 Å². The predicted octanol–water partition coefficient (Wildman–Crippen LogP) is 1.58. The molecule has 0 aliphatic carbocycles. The van der Waals surface area contributed by atoms with E-state index in [-0.39, 0.29) is 4.90 Å². The maximum Gasteiger partial charge on any atom is 0.303 e. The molecule has 0 bridgehead atoms. The van der Waals surface area contributed by atoms with Crippen molar-refractivity contribution in [1.82, 2.24) is 0 Å². The largest absolute Gasteiger partial charge is 0.506 e. The molecule has 0 saturated heterocycles. The molecule has 1 unspecified atom stereocenters. The topological polar surface area (TPSA) is 110 Å². The van der Waals surface area contributed by atoms with Crippen molar-refractivity contribution >= 4 is 10.1 Å². The minimum atomic E-state index is -4.09. The van der Waals surface area contributed by atoms with E-state index in [1.165, 1.54) is 29.8 Å². The Balaban J connectivity index is 0.000000255. The first kappa shape index (κ1) is 18.1. The van der Waals surface area contributed by atoms with Crippen LogP contribution in [-0.2, 0) is 20.8 Å². The lowest BCUT2D eigenvalue weighted by atomic mass is 10.2. The van der Waals surface area contributed by atoms with Crippen molar-refractivity contribution in [2.75, 3.05) is 0 Å². The zero-order valence-electron chi connectivity index (χ0n) is 12.1. The van der Waals surface area contributed by atoms with Gasteiger partial charge in [-0.25, -0.2) is 4.18 Å². The highest BCUT2D eigenvalue weighted by Crippen LogP contribution is 2.23. The maximum atomic E-state index is 11.3. The molecular weight excluding hydrogens is 306 g/mol. The first-order chi connectivity index (χ1) is 10.4. The van der Waals surface area contributed by atoms with E-state index in [9.17, 15) is 13.5 Å². The van der Waals surface area contributed by atoms with Crippen LogP contribution in [0.5, 0.6) is 5.75 Å². The molecule has 120 valence electrons. The molecule has 0 heterocycles. The van der Waals surface area contributed by atoms with E-state index in [1.54, 1.807) is 0 Å². The van der Waals surface area contributed by atoms with E-state index >= 15 is 0 Å². The van der Waals surface area contributed by atoms with Gasteiger partial charge in [-0.15, -0.1) is 0 Å². The molecule has 2 aromatic rings. The van der Waals surface area contributed by atoms with Gasteiger partial charge in [-0.3, -0.25) is 0 Å². The lowest BCUT2D eigenvalue weighted by Crippen LogP contribution is -2.14. The molecule has 4 N–H and O–H groups in total. The molecular formula is C15H19NO5S. The van der Waals surface area contributed by atoms with Crippen molar-refractivity contribution in [3.63, 3.8) is 0 Å². The normalized spacial score (nSPS) is 12.1. The van der Waals surface area contributed by atoms with E-state index in [2.05, 4.69) is 4.18 Å². The van der Waals surface area contributed by atoms with E-state index < -0.39 is 22.2 Å². The number of rotatable bonds is 4. The second-order valence-corrected chi connectivity index (χ2v) is 5.85. The third-order valence-corrected chi connectivity index (χ3v) is 3.89.